The van der Waals surface area contributed by atoms with Crippen molar-refractivity contribution in [1.29, 1.82) is 0 Å². The number of aromatic nitrogens is 1. The Labute approximate surface area is 150 Å². The molecule has 0 bridgehead atoms. The number of aromatic amines is 1. The van der Waals surface area contributed by atoms with Crippen molar-refractivity contribution in [3.05, 3.63) is 34.4 Å². The van der Waals surface area contributed by atoms with E-state index in [1.165, 1.54) is 23.8 Å². The van der Waals surface area contributed by atoms with E-state index < -0.39 is 0 Å². The molecule has 1 aromatic heterocycles. The summed E-state index contributed by atoms with van der Waals surface area (Å²) in [6.45, 7) is 0.719. The number of rotatable bonds is 4. The lowest BCUT2D eigenvalue weighted by Crippen LogP contribution is -2.35. The number of H-pyrrole nitrogens is 1. The third kappa shape index (κ3) is 3.71. The molecule has 1 heterocycles. The van der Waals surface area contributed by atoms with Crippen LogP contribution in [0.5, 0.6) is 0 Å². The zero-order valence-corrected chi connectivity index (χ0v) is 15.9. The van der Waals surface area contributed by atoms with Crippen molar-refractivity contribution in [3.63, 3.8) is 0 Å². The van der Waals surface area contributed by atoms with Gasteiger partial charge in [-0.25, -0.2) is 0 Å². The number of hydrogen-bond acceptors (Lipinski definition) is 1. The van der Waals surface area contributed by atoms with Crippen LogP contribution in [0.2, 0.25) is 0 Å². The number of nitrogens with one attached hydrogen (secondary N) is 1. The minimum absolute atomic E-state index is 0. The fourth-order valence-electron chi connectivity index (χ4n) is 2.46. The molecule has 6 heteroatoms. The maximum Gasteiger partial charge on any atom is 0.191 e. The van der Waals surface area contributed by atoms with Gasteiger partial charge >= 0.3 is 0 Å². The lowest BCUT2D eigenvalue weighted by Gasteiger charge is -2.16. The van der Waals surface area contributed by atoms with Crippen molar-refractivity contribution >= 4 is 56.8 Å². The van der Waals surface area contributed by atoms with E-state index in [1.807, 2.05) is 13.1 Å². The van der Waals surface area contributed by atoms with Gasteiger partial charge in [0.2, 0.25) is 0 Å². The zero-order chi connectivity index (χ0) is 14.1. The minimum atomic E-state index is 0. The van der Waals surface area contributed by atoms with Crippen molar-refractivity contribution in [2.24, 2.45) is 10.7 Å². The highest BCUT2D eigenvalue weighted by atomic mass is 127. The number of benzene rings is 1. The average molecular weight is 463 g/mol. The van der Waals surface area contributed by atoms with Crippen molar-refractivity contribution in [2.75, 3.05) is 13.6 Å². The Bertz CT molecular complexity index is 648. The first-order valence-electron chi connectivity index (χ1n) is 6.94. The van der Waals surface area contributed by atoms with Crippen LogP contribution in [0, 0.1) is 0 Å². The largest absolute Gasteiger partial charge is 0.370 e. The normalized spacial score (nSPS) is 15.0. The molecule has 1 fully saturated rings. The van der Waals surface area contributed by atoms with Crippen molar-refractivity contribution in [1.82, 2.24) is 9.88 Å². The number of hydrogen-bond donors (Lipinski definition) is 2. The van der Waals surface area contributed by atoms with Gasteiger partial charge in [-0.1, -0.05) is 22.0 Å². The highest BCUT2D eigenvalue weighted by Gasteiger charge is 2.27. The van der Waals surface area contributed by atoms with Crippen LogP contribution >= 0.6 is 39.9 Å². The number of fused-ring (bicyclic) bond motifs is 1. The number of nitrogens with two attached hydrogens (primary N) is 1. The first-order valence-corrected chi connectivity index (χ1v) is 7.73. The molecule has 4 nitrogen and oxygen atoms in total. The predicted octanol–water partition coefficient (Wildman–Crippen LogP) is 3.50. The Morgan fingerprint density at radius 1 is 1.48 bits per heavy atom. The van der Waals surface area contributed by atoms with Gasteiger partial charge in [-0.3, -0.25) is 4.99 Å². The summed E-state index contributed by atoms with van der Waals surface area (Å²) in [5.41, 5.74) is 8.43. The summed E-state index contributed by atoms with van der Waals surface area (Å²) in [6, 6.07) is 6.80. The van der Waals surface area contributed by atoms with Gasteiger partial charge in [0, 0.05) is 41.2 Å². The molecule has 1 aliphatic rings. The van der Waals surface area contributed by atoms with Crippen LogP contribution in [0.3, 0.4) is 0 Å². The van der Waals surface area contributed by atoms with Crippen LogP contribution < -0.4 is 5.73 Å². The van der Waals surface area contributed by atoms with E-state index in [9.17, 15) is 0 Å². The molecule has 0 radical (unpaired) electrons. The number of halogens is 2. The molecular weight excluding hydrogens is 443 g/mol. The molecule has 1 aliphatic carbocycles. The average Bonchev–Trinajstić information content (AvgIpc) is 3.20. The summed E-state index contributed by atoms with van der Waals surface area (Å²) >= 11 is 3.61. The highest BCUT2D eigenvalue weighted by molar-refractivity contribution is 14.0. The monoisotopic (exact) mass is 462 g/mol. The number of nitrogens with zero attached hydrogens (tertiary/aromatic N) is 2. The first-order chi connectivity index (χ1) is 9.66. The maximum absolute atomic E-state index is 6.00. The standard InChI is InChI=1S/C15H19BrN4.HI/c1-20(11-5-6-11)15(17)18-8-7-10-9-19-13-4-2-3-12(16)14(10)13;/h2-4,9,11,19H,5-8H2,1H3,(H2,17,18);1H. The van der Waals surface area contributed by atoms with Gasteiger partial charge in [-0.15, -0.1) is 24.0 Å². The number of aliphatic imine (C=N–C) groups is 1. The third-order valence-electron chi connectivity index (χ3n) is 3.85. The second-order valence-corrected chi connectivity index (χ2v) is 6.16. The molecule has 2 aromatic rings. The van der Waals surface area contributed by atoms with Crippen LogP contribution in [0.4, 0.5) is 0 Å². The van der Waals surface area contributed by atoms with E-state index in [0.29, 0.717) is 12.0 Å². The molecule has 3 N–H and O–H groups in total. The molecule has 21 heavy (non-hydrogen) atoms. The Morgan fingerprint density at radius 3 is 2.95 bits per heavy atom. The van der Waals surface area contributed by atoms with Gasteiger partial charge in [0.15, 0.2) is 5.96 Å². The fourth-order valence-corrected chi connectivity index (χ4v) is 3.08. The summed E-state index contributed by atoms with van der Waals surface area (Å²) in [7, 11) is 2.03. The summed E-state index contributed by atoms with van der Waals surface area (Å²) in [5.74, 6) is 0.659. The van der Waals surface area contributed by atoms with Gasteiger partial charge in [-0.2, -0.15) is 0 Å². The second-order valence-electron chi connectivity index (χ2n) is 5.31. The smallest absolute Gasteiger partial charge is 0.191 e. The molecule has 0 aliphatic heterocycles. The SMILES string of the molecule is CN(C(N)=NCCc1c[nH]c2cccc(Br)c12)C1CC1.I. The minimum Gasteiger partial charge on any atom is -0.370 e. The Balaban J connectivity index is 0.00000161. The molecule has 114 valence electrons. The quantitative estimate of drug-likeness (QED) is 0.415. The van der Waals surface area contributed by atoms with Crippen LogP contribution in [0.1, 0.15) is 18.4 Å². The molecule has 0 unspecified atom stereocenters. The van der Waals surface area contributed by atoms with Crippen LogP contribution in [0.15, 0.2) is 33.9 Å². The van der Waals surface area contributed by atoms with Crippen LogP contribution in [-0.4, -0.2) is 35.5 Å². The third-order valence-corrected chi connectivity index (χ3v) is 4.51. The van der Waals surface area contributed by atoms with E-state index in [2.05, 4.69) is 49.1 Å². The fraction of sp³-hybridized carbons (Fsp3) is 0.400. The van der Waals surface area contributed by atoms with E-state index in [4.69, 9.17) is 5.73 Å². The topological polar surface area (TPSA) is 57.4 Å². The second kappa shape index (κ2) is 7.00. The van der Waals surface area contributed by atoms with Gasteiger partial charge < -0.3 is 15.6 Å². The summed E-state index contributed by atoms with van der Waals surface area (Å²) in [5, 5.41) is 1.25. The molecule has 0 saturated heterocycles. The van der Waals surface area contributed by atoms with E-state index in [0.717, 1.165) is 23.0 Å². The van der Waals surface area contributed by atoms with Crippen molar-refractivity contribution < 1.29 is 0 Å². The Morgan fingerprint density at radius 2 is 2.24 bits per heavy atom. The van der Waals surface area contributed by atoms with E-state index in [-0.39, 0.29) is 24.0 Å². The Kier molecular flexibility index (Phi) is 5.54. The maximum atomic E-state index is 6.00. The number of guanidine groups is 1. The molecule has 3 rings (SSSR count). The summed E-state index contributed by atoms with van der Waals surface area (Å²) < 4.78 is 1.12. The predicted molar refractivity (Wildman–Crippen MR) is 102 cm³/mol. The van der Waals surface area contributed by atoms with Gasteiger partial charge in [-0.05, 0) is 37.0 Å². The van der Waals surface area contributed by atoms with Gasteiger partial charge in [0.1, 0.15) is 0 Å². The van der Waals surface area contributed by atoms with Crippen molar-refractivity contribution in [3.8, 4) is 0 Å². The molecule has 0 spiro atoms. The van der Waals surface area contributed by atoms with E-state index >= 15 is 0 Å². The lowest BCUT2D eigenvalue weighted by atomic mass is 10.1. The van der Waals surface area contributed by atoms with Gasteiger partial charge in [0.25, 0.3) is 0 Å². The zero-order valence-electron chi connectivity index (χ0n) is 12.0. The van der Waals surface area contributed by atoms with Gasteiger partial charge in [0.05, 0.1) is 0 Å². The lowest BCUT2D eigenvalue weighted by molar-refractivity contribution is 0.487. The molecular formula is C15H20BrIN4. The molecule has 1 saturated carbocycles. The summed E-state index contributed by atoms with van der Waals surface area (Å²) in [4.78, 5) is 9.87. The first kappa shape index (κ1) is 16.6. The van der Waals surface area contributed by atoms with Crippen molar-refractivity contribution in [2.45, 2.75) is 25.3 Å². The highest BCUT2D eigenvalue weighted by Crippen LogP contribution is 2.27. The Hall–Kier alpha value is -0.760. The molecule has 1 aromatic carbocycles. The molecule has 0 amide bonds. The summed E-state index contributed by atoms with van der Waals surface area (Å²) in [6.07, 6.45) is 5.43. The van der Waals surface area contributed by atoms with Crippen LogP contribution in [0.25, 0.3) is 10.9 Å². The van der Waals surface area contributed by atoms with Crippen LogP contribution in [-0.2, 0) is 6.42 Å². The van der Waals surface area contributed by atoms with E-state index in [1.54, 1.807) is 0 Å². The molecule has 0 atom stereocenters.